The molecule has 1 aliphatic carbocycles. The number of aryl methyl sites for hydroxylation is 1. The SMILES string of the molecule is Cn1cccc1[C@@H](C1CCCC1)N1CCNCC1. The molecule has 0 radical (unpaired) electrons. The second-order valence-electron chi connectivity index (χ2n) is 5.82. The number of aromatic nitrogens is 1. The molecular weight excluding hydrogens is 222 g/mol. The molecule has 1 aromatic heterocycles. The Labute approximate surface area is 110 Å². The third kappa shape index (κ3) is 2.34. The van der Waals surface area contributed by atoms with E-state index in [1.54, 1.807) is 0 Å². The quantitative estimate of drug-likeness (QED) is 0.883. The molecule has 0 spiro atoms. The van der Waals surface area contributed by atoms with Gasteiger partial charge in [0, 0.05) is 45.1 Å². The van der Waals surface area contributed by atoms with Gasteiger partial charge < -0.3 is 9.88 Å². The van der Waals surface area contributed by atoms with Crippen molar-refractivity contribution in [1.82, 2.24) is 14.8 Å². The molecule has 0 aromatic carbocycles. The molecule has 1 saturated heterocycles. The summed E-state index contributed by atoms with van der Waals surface area (Å²) >= 11 is 0. The van der Waals surface area contributed by atoms with Crippen molar-refractivity contribution in [2.75, 3.05) is 26.2 Å². The zero-order valence-electron chi connectivity index (χ0n) is 11.4. The Morgan fingerprint density at radius 1 is 1.22 bits per heavy atom. The maximum Gasteiger partial charge on any atom is 0.0529 e. The van der Waals surface area contributed by atoms with E-state index in [2.05, 4.69) is 40.2 Å². The normalized spacial score (nSPS) is 24.5. The van der Waals surface area contributed by atoms with Crippen molar-refractivity contribution < 1.29 is 0 Å². The first-order chi connectivity index (χ1) is 8.86. The predicted molar refractivity (Wildman–Crippen MR) is 74.6 cm³/mol. The van der Waals surface area contributed by atoms with Crippen molar-refractivity contribution in [2.45, 2.75) is 31.7 Å². The fourth-order valence-electron chi connectivity index (χ4n) is 3.74. The highest BCUT2D eigenvalue weighted by Gasteiger charge is 2.32. The van der Waals surface area contributed by atoms with Crippen LogP contribution in [0.25, 0.3) is 0 Å². The smallest absolute Gasteiger partial charge is 0.0529 e. The molecule has 1 saturated carbocycles. The second-order valence-corrected chi connectivity index (χ2v) is 5.82. The molecule has 100 valence electrons. The molecule has 2 heterocycles. The third-order valence-electron chi connectivity index (χ3n) is 4.68. The number of hydrogen-bond donors (Lipinski definition) is 1. The summed E-state index contributed by atoms with van der Waals surface area (Å²) in [5.41, 5.74) is 1.52. The molecule has 2 aliphatic rings. The number of hydrogen-bond acceptors (Lipinski definition) is 2. The summed E-state index contributed by atoms with van der Waals surface area (Å²) in [6.45, 7) is 4.69. The van der Waals surface area contributed by atoms with E-state index in [1.165, 1.54) is 44.5 Å². The van der Waals surface area contributed by atoms with Gasteiger partial charge in [-0.1, -0.05) is 12.8 Å². The Balaban J connectivity index is 1.85. The average molecular weight is 247 g/mol. The molecule has 0 bridgehead atoms. The van der Waals surface area contributed by atoms with Crippen molar-refractivity contribution in [2.24, 2.45) is 13.0 Å². The van der Waals surface area contributed by atoms with Crippen LogP contribution in [-0.4, -0.2) is 35.6 Å². The highest BCUT2D eigenvalue weighted by molar-refractivity contribution is 5.14. The average Bonchev–Trinajstić information content (AvgIpc) is 3.05. The van der Waals surface area contributed by atoms with E-state index in [0.29, 0.717) is 6.04 Å². The van der Waals surface area contributed by atoms with Gasteiger partial charge in [0.05, 0.1) is 6.04 Å². The molecule has 3 rings (SSSR count). The first-order valence-corrected chi connectivity index (χ1v) is 7.42. The molecule has 3 heteroatoms. The molecule has 1 aromatic rings. The largest absolute Gasteiger partial charge is 0.353 e. The van der Waals surface area contributed by atoms with Crippen LogP contribution in [0.2, 0.25) is 0 Å². The molecule has 1 aliphatic heterocycles. The summed E-state index contributed by atoms with van der Waals surface area (Å²) in [7, 11) is 2.19. The standard InChI is InChI=1S/C15H25N3/c1-17-10-4-7-14(17)15(13-5-2-3-6-13)18-11-8-16-9-12-18/h4,7,10,13,15-16H,2-3,5-6,8-9,11-12H2,1H3/t15-/m1/s1. The first kappa shape index (κ1) is 12.2. The molecule has 18 heavy (non-hydrogen) atoms. The Morgan fingerprint density at radius 3 is 2.56 bits per heavy atom. The lowest BCUT2D eigenvalue weighted by molar-refractivity contribution is 0.120. The van der Waals surface area contributed by atoms with E-state index in [-0.39, 0.29) is 0 Å². The first-order valence-electron chi connectivity index (χ1n) is 7.42. The van der Waals surface area contributed by atoms with Crippen LogP contribution < -0.4 is 5.32 Å². The summed E-state index contributed by atoms with van der Waals surface area (Å²) < 4.78 is 2.32. The van der Waals surface area contributed by atoms with Crippen LogP contribution in [0.1, 0.15) is 37.4 Å². The maximum absolute atomic E-state index is 3.47. The molecule has 0 amide bonds. The van der Waals surface area contributed by atoms with Gasteiger partial charge in [0.15, 0.2) is 0 Å². The maximum atomic E-state index is 3.47. The van der Waals surface area contributed by atoms with Crippen molar-refractivity contribution in [1.29, 1.82) is 0 Å². The minimum absolute atomic E-state index is 0.648. The van der Waals surface area contributed by atoms with Gasteiger partial charge in [0.25, 0.3) is 0 Å². The van der Waals surface area contributed by atoms with Gasteiger partial charge in [-0.05, 0) is 30.9 Å². The summed E-state index contributed by atoms with van der Waals surface area (Å²) in [6.07, 6.45) is 7.88. The lowest BCUT2D eigenvalue weighted by atomic mass is 9.93. The van der Waals surface area contributed by atoms with E-state index < -0.39 is 0 Å². The summed E-state index contributed by atoms with van der Waals surface area (Å²) in [4.78, 5) is 2.71. The summed E-state index contributed by atoms with van der Waals surface area (Å²) in [5.74, 6) is 0.872. The predicted octanol–water partition coefficient (Wildman–Crippen LogP) is 2.16. The van der Waals surface area contributed by atoms with Crippen molar-refractivity contribution in [3.8, 4) is 0 Å². The topological polar surface area (TPSA) is 20.2 Å². The molecule has 1 atom stereocenters. The van der Waals surface area contributed by atoms with Crippen LogP contribution in [0.4, 0.5) is 0 Å². The number of nitrogens with one attached hydrogen (secondary N) is 1. The molecule has 3 nitrogen and oxygen atoms in total. The van der Waals surface area contributed by atoms with E-state index in [0.717, 1.165) is 19.0 Å². The Morgan fingerprint density at radius 2 is 1.94 bits per heavy atom. The van der Waals surface area contributed by atoms with E-state index in [1.807, 2.05) is 0 Å². The lowest BCUT2D eigenvalue weighted by Crippen LogP contribution is -2.47. The van der Waals surface area contributed by atoms with Crippen LogP contribution in [-0.2, 0) is 7.05 Å². The van der Waals surface area contributed by atoms with E-state index in [9.17, 15) is 0 Å². The van der Waals surface area contributed by atoms with Crippen LogP contribution in [0, 0.1) is 5.92 Å². The fraction of sp³-hybridized carbons (Fsp3) is 0.733. The summed E-state index contributed by atoms with van der Waals surface area (Å²) in [6, 6.07) is 5.17. The lowest BCUT2D eigenvalue weighted by Gasteiger charge is -2.38. The number of rotatable bonds is 3. The van der Waals surface area contributed by atoms with Crippen molar-refractivity contribution >= 4 is 0 Å². The van der Waals surface area contributed by atoms with Gasteiger partial charge >= 0.3 is 0 Å². The Kier molecular flexibility index (Phi) is 3.71. The van der Waals surface area contributed by atoms with Crippen LogP contribution in [0.3, 0.4) is 0 Å². The van der Waals surface area contributed by atoms with Gasteiger partial charge in [-0.3, -0.25) is 4.90 Å². The van der Waals surface area contributed by atoms with Gasteiger partial charge in [0.1, 0.15) is 0 Å². The monoisotopic (exact) mass is 247 g/mol. The Hall–Kier alpha value is -0.800. The number of piperazine rings is 1. The minimum atomic E-state index is 0.648. The van der Waals surface area contributed by atoms with Crippen molar-refractivity contribution in [3.05, 3.63) is 24.0 Å². The van der Waals surface area contributed by atoms with E-state index in [4.69, 9.17) is 0 Å². The number of nitrogens with zero attached hydrogens (tertiary/aromatic N) is 2. The highest BCUT2D eigenvalue weighted by atomic mass is 15.2. The van der Waals surface area contributed by atoms with E-state index >= 15 is 0 Å². The van der Waals surface area contributed by atoms with Gasteiger partial charge in [-0.25, -0.2) is 0 Å². The minimum Gasteiger partial charge on any atom is -0.353 e. The second kappa shape index (κ2) is 5.45. The molecule has 0 unspecified atom stereocenters. The van der Waals surface area contributed by atoms with Crippen molar-refractivity contribution in [3.63, 3.8) is 0 Å². The van der Waals surface area contributed by atoms with Gasteiger partial charge in [-0.15, -0.1) is 0 Å². The zero-order chi connectivity index (χ0) is 12.4. The molecule has 2 fully saturated rings. The van der Waals surface area contributed by atoms with Gasteiger partial charge in [-0.2, -0.15) is 0 Å². The zero-order valence-corrected chi connectivity index (χ0v) is 11.4. The van der Waals surface area contributed by atoms with Crippen LogP contribution in [0.5, 0.6) is 0 Å². The summed E-state index contributed by atoms with van der Waals surface area (Å²) in [5, 5.41) is 3.47. The van der Waals surface area contributed by atoms with Crippen LogP contribution in [0.15, 0.2) is 18.3 Å². The highest BCUT2D eigenvalue weighted by Crippen LogP contribution is 2.39. The Bertz CT molecular complexity index is 373. The molecule has 1 N–H and O–H groups in total. The third-order valence-corrected chi connectivity index (χ3v) is 4.68. The molecular formula is C15H25N3. The van der Waals surface area contributed by atoms with Crippen LogP contribution >= 0.6 is 0 Å². The van der Waals surface area contributed by atoms with Gasteiger partial charge in [0.2, 0.25) is 0 Å². The fourth-order valence-corrected chi connectivity index (χ4v) is 3.74.